The Bertz CT molecular complexity index is 182. The fraction of sp³-hybridized carbons (Fsp3) is 0.750. The number of aldehydes is 1. The van der Waals surface area contributed by atoms with Crippen molar-refractivity contribution in [2.75, 3.05) is 0 Å². The van der Waals surface area contributed by atoms with Gasteiger partial charge in [-0.1, -0.05) is 13.8 Å². The highest BCUT2D eigenvalue weighted by Gasteiger charge is 2.18. The minimum atomic E-state index is -0.707. The Morgan fingerprint density at radius 1 is 1.38 bits per heavy atom. The third-order valence-corrected chi connectivity index (χ3v) is 1.76. The highest BCUT2D eigenvalue weighted by atomic mass is 16.5. The molecule has 76 valence electrons. The summed E-state index contributed by atoms with van der Waals surface area (Å²) in [6.07, 6.45) is 0.687. The van der Waals surface area contributed by atoms with Crippen LogP contribution < -0.4 is 10.8 Å². The van der Waals surface area contributed by atoms with Crippen LogP contribution in [0.5, 0.6) is 0 Å². The van der Waals surface area contributed by atoms with Gasteiger partial charge >= 0.3 is 0 Å². The quantitative estimate of drug-likeness (QED) is 0.408. The first-order valence-corrected chi connectivity index (χ1v) is 4.18. The molecule has 2 atom stereocenters. The van der Waals surface area contributed by atoms with E-state index in [4.69, 9.17) is 5.21 Å². The van der Waals surface area contributed by atoms with Gasteiger partial charge in [0.05, 0.1) is 6.04 Å². The minimum Gasteiger partial charge on any atom is -0.345 e. The van der Waals surface area contributed by atoms with Crippen LogP contribution in [0.3, 0.4) is 0 Å². The van der Waals surface area contributed by atoms with E-state index in [1.807, 2.05) is 13.8 Å². The zero-order chi connectivity index (χ0) is 10.4. The second kappa shape index (κ2) is 5.66. The van der Waals surface area contributed by atoms with Gasteiger partial charge in [0.15, 0.2) is 0 Å². The summed E-state index contributed by atoms with van der Waals surface area (Å²) in [6.45, 7) is 5.16. The first kappa shape index (κ1) is 12.1. The molecule has 0 aliphatic rings. The Hall–Kier alpha value is -0.940. The Kier molecular flexibility index (Phi) is 5.25. The largest absolute Gasteiger partial charge is 0.345 e. The van der Waals surface area contributed by atoms with Crippen molar-refractivity contribution in [2.45, 2.75) is 32.9 Å². The Labute approximate surface area is 77.5 Å². The van der Waals surface area contributed by atoms with Crippen LogP contribution in [0.2, 0.25) is 0 Å². The molecule has 0 bridgehead atoms. The Balaban J connectivity index is 4.08. The van der Waals surface area contributed by atoms with E-state index in [2.05, 4.69) is 5.32 Å². The predicted octanol–water partition coefficient (Wildman–Crippen LogP) is -0.307. The van der Waals surface area contributed by atoms with Crippen molar-refractivity contribution in [1.82, 2.24) is 10.8 Å². The second-order valence-corrected chi connectivity index (χ2v) is 3.27. The van der Waals surface area contributed by atoms with Crippen LogP contribution in [0.1, 0.15) is 20.8 Å². The smallest absolute Gasteiger partial charge is 0.239 e. The molecule has 0 fully saturated rings. The van der Waals surface area contributed by atoms with E-state index in [1.165, 1.54) is 6.92 Å². The molecule has 0 spiro atoms. The molecule has 0 unspecified atom stereocenters. The lowest BCUT2D eigenvalue weighted by atomic mass is 10.1. The average Bonchev–Trinajstić information content (AvgIpc) is 2.11. The maximum absolute atomic E-state index is 11.2. The van der Waals surface area contributed by atoms with E-state index in [9.17, 15) is 9.59 Å². The number of amides is 1. The van der Waals surface area contributed by atoms with Gasteiger partial charge < -0.3 is 15.3 Å². The summed E-state index contributed by atoms with van der Waals surface area (Å²) in [7, 11) is 0. The number of carbonyl (C=O) groups excluding carboxylic acids is 2. The Morgan fingerprint density at radius 3 is 2.23 bits per heavy atom. The number of rotatable bonds is 5. The van der Waals surface area contributed by atoms with Gasteiger partial charge in [-0.05, 0) is 12.8 Å². The number of carbonyl (C=O) groups is 2. The second-order valence-electron chi connectivity index (χ2n) is 3.27. The third-order valence-electron chi connectivity index (χ3n) is 1.76. The van der Waals surface area contributed by atoms with Crippen molar-refractivity contribution in [2.24, 2.45) is 5.92 Å². The predicted molar refractivity (Wildman–Crippen MR) is 47.2 cm³/mol. The topological polar surface area (TPSA) is 78.4 Å². The number of hydroxylamine groups is 1. The summed E-state index contributed by atoms with van der Waals surface area (Å²) in [5.74, 6) is -0.347. The minimum absolute atomic E-state index is 0.0485. The maximum Gasteiger partial charge on any atom is 0.239 e. The zero-order valence-corrected chi connectivity index (χ0v) is 8.07. The van der Waals surface area contributed by atoms with Crippen LogP contribution in [-0.4, -0.2) is 29.5 Å². The molecule has 0 aliphatic heterocycles. The van der Waals surface area contributed by atoms with Gasteiger partial charge in [0.1, 0.15) is 12.3 Å². The van der Waals surface area contributed by atoms with Crippen molar-refractivity contribution in [3.05, 3.63) is 0 Å². The summed E-state index contributed by atoms with van der Waals surface area (Å²) < 4.78 is 0. The SMILES string of the molecule is CC(C)[C@@H](C=O)NC(=O)[C@H](C)NO. The summed E-state index contributed by atoms with van der Waals surface area (Å²) in [5.41, 5.74) is 1.81. The third kappa shape index (κ3) is 4.00. The van der Waals surface area contributed by atoms with E-state index in [0.717, 1.165) is 0 Å². The van der Waals surface area contributed by atoms with Gasteiger partial charge in [0, 0.05) is 0 Å². The number of hydrogen-bond acceptors (Lipinski definition) is 4. The molecule has 0 saturated carbocycles. The number of hydrogen-bond donors (Lipinski definition) is 3. The lowest BCUT2D eigenvalue weighted by Crippen LogP contribution is -2.47. The molecule has 0 aromatic rings. The van der Waals surface area contributed by atoms with Crippen molar-refractivity contribution in [1.29, 1.82) is 0 Å². The van der Waals surface area contributed by atoms with Crippen LogP contribution in [0, 0.1) is 5.92 Å². The van der Waals surface area contributed by atoms with Gasteiger partial charge in [-0.2, -0.15) is 5.48 Å². The molecule has 0 rings (SSSR count). The highest BCUT2D eigenvalue weighted by molar-refractivity contribution is 5.83. The fourth-order valence-electron chi connectivity index (χ4n) is 0.706. The van der Waals surface area contributed by atoms with Gasteiger partial charge in [0.25, 0.3) is 0 Å². The normalized spacial score (nSPS) is 15.2. The van der Waals surface area contributed by atoms with Crippen LogP contribution >= 0.6 is 0 Å². The molecular weight excluding hydrogens is 172 g/mol. The fourth-order valence-corrected chi connectivity index (χ4v) is 0.706. The molecule has 5 nitrogen and oxygen atoms in total. The van der Waals surface area contributed by atoms with Gasteiger partial charge in [-0.15, -0.1) is 0 Å². The first-order valence-electron chi connectivity index (χ1n) is 4.18. The molecule has 5 heteroatoms. The standard InChI is InChI=1S/C8H16N2O3/c1-5(2)7(4-11)9-8(12)6(3)10-13/h4-7,10,13H,1-3H3,(H,9,12)/t6-,7+/m0/s1. The molecule has 0 saturated heterocycles. The summed E-state index contributed by atoms with van der Waals surface area (Å²) in [4.78, 5) is 21.7. The molecule has 0 heterocycles. The van der Waals surface area contributed by atoms with E-state index in [0.29, 0.717) is 6.29 Å². The zero-order valence-electron chi connectivity index (χ0n) is 8.07. The van der Waals surface area contributed by atoms with Crippen LogP contribution in [0.25, 0.3) is 0 Å². The van der Waals surface area contributed by atoms with Crippen molar-refractivity contribution in [3.63, 3.8) is 0 Å². The summed E-state index contributed by atoms with van der Waals surface area (Å²) in [6, 6.07) is -1.20. The first-order chi connectivity index (χ1) is 6.02. The number of nitrogens with one attached hydrogen (secondary N) is 2. The molecule has 3 N–H and O–H groups in total. The van der Waals surface area contributed by atoms with E-state index in [1.54, 1.807) is 5.48 Å². The molecule has 13 heavy (non-hydrogen) atoms. The lowest BCUT2D eigenvalue weighted by Gasteiger charge is -2.18. The molecule has 0 aromatic carbocycles. The van der Waals surface area contributed by atoms with Crippen LogP contribution in [-0.2, 0) is 9.59 Å². The van der Waals surface area contributed by atoms with E-state index < -0.39 is 18.0 Å². The average molecular weight is 188 g/mol. The maximum atomic E-state index is 11.2. The van der Waals surface area contributed by atoms with Crippen LogP contribution in [0.4, 0.5) is 0 Å². The molecule has 1 amide bonds. The van der Waals surface area contributed by atoms with E-state index in [-0.39, 0.29) is 5.92 Å². The van der Waals surface area contributed by atoms with Gasteiger partial charge in [-0.3, -0.25) is 4.79 Å². The molecular formula is C8H16N2O3. The van der Waals surface area contributed by atoms with Gasteiger partial charge in [0.2, 0.25) is 5.91 Å². The van der Waals surface area contributed by atoms with E-state index >= 15 is 0 Å². The highest BCUT2D eigenvalue weighted by Crippen LogP contribution is 1.98. The Morgan fingerprint density at radius 2 is 1.92 bits per heavy atom. The lowest BCUT2D eigenvalue weighted by molar-refractivity contribution is -0.128. The van der Waals surface area contributed by atoms with Gasteiger partial charge in [-0.25, -0.2) is 0 Å². The molecule has 0 radical (unpaired) electrons. The summed E-state index contributed by atoms with van der Waals surface area (Å²) in [5, 5.41) is 10.9. The molecule has 0 aromatic heterocycles. The van der Waals surface area contributed by atoms with Crippen molar-refractivity contribution >= 4 is 12.2 Å². The summed E-state index contributed by atoms with van der Waals surface area (Å²) >= 11 is 0. The molecule has 0 aliphatic carbocycles. The monoisotopic (exact) mass is 188 g/mol. The van der Waals surface area contributed by atoms with Crippen molar-refractivity contribution < 1.29 is 14.8 Å². The van der Waals surface area contributed by atoms with Crippen LogP contribution in [0.15, 0.2) is 0 Å². The van der Waals surface area contributed by atoms with Crippen molar-refractivity contribution in [3.8, 4) is 0 Å².